The Balaban J connectivity index is 1.25. The van der Waals surface area contributed by atoms with Gasteiger partial charge in [0.1, 0.15) is 11.2 Å². The molecule has 0 N–H and O–H groups in total. The molecule has 0 saturated heterocycles. The molecular weight excluding hydrogens is 621 g/mol. The molecule has 0 spiro atoms. The minimum Gasteiger partial charge on any atom is -0.456 e. The Bertz CT molecular complexity index is 2920. The van der Waals surface area contributed by atoms with E-state index in [4.69, 9.17) is 14.4 Å². The van der Waals surface area contributed by atoms with Gasteiger partial charge in [0, 0.05) is 27.5 Å². The average molecular weight is 651 g/mol. The van der Waals surface area contributed by atoms with Crippen molar-refractivity contribution in [1.29, 1.82) is 0 Å². The Kier molecular flexibility index (Phi) is 6.81. The molecule has 0 aliphatic carbocycles. The lowest BCUT2D eigenvalue weighted by molar-refractivity contribution is 0.669. The molecule has 10 aromatic rings. The number of para-hydroxylation sites is 1. The second-order valence-electron chi connectivity index (χ2n) is 13.0. The predicted molar refractivity (Wildman–Crippen MR) is 212 cm³/mol. The van der Waals surface area contributed by atoms with Gasteiger partial charge in [-0.2, -0.15) is 0 Å². The van der Waals surface area contributed by atoms with Crippen molar-refractivity contribution in [1.82, 2.24) is 9.97 Å². The summed E-state index contributed by atoms with van der Waals surface area (Å²) in [4.78, 5) is 10.6. The zero-order chi connectivity index (χ0) is 33.7. The highest BCUT2D eigenvalue weighted by Crippen LogP contribution is 2.40. The molecule has 0 radical (unpaired) electrons. The first-order valence-electron chi connectivity index (χ1n) is 17.2. The third-order valence-electron chi connectivity index (χ3n) is 9.85. The summed E-state index contributed by atoms with van der Waals surface area (Å²) in [6.07, 6.45) is 0. The van der Waals surface area contributed by atoms with Crippen LogP contribution in [0.4, 0.5) is 0 Å². The van der Waals surface area contributed by atoms with E-state index in [2.05, 4.69) is 170 Å². The van der Waals surface area contributed by atoms with Crippen molar-refractivity contribution in [3.8, 4) is 56.2 Å². The zero-order valence-electron chi connectivity index (χ0n) is 27.6. The topological polar surface area (TPSA) is 38.9 Å². The van der Waals surface area contributed by atoms with E-state index in [0.717, 1.165) is 83.0 Å². The first-order valence-corrected chi connectivity index (χ1v) is 17.2. The molecule has 0 amide bonds. The van der Waals surface area contributed by atoms with Crippen LogP contribution in [0.15, 0.2) is 186 Å². The minimum absolute atomic E-state index is 0.696. The second kappa shape index (κ2) is 11.9. The molecule has 2 aromatic heterocycles. The highest BCUT2D eigenvalue weighted by atomic mass is 16.3. The van der Waals surface area contributed by atoms with Crippen LogP contribution in [0, 0.1) is 0 Å². The molecule has 0 aliphatic heterocycles. The molecule has 51 heavy (non-hydrogen) atoms. The minimum atomic E-state index is 0.696. The Morgan fingerprint density at radius 1 is 0.333 bits per heavy atom. The third-order valence-corrected chi connectivity index (χ3v) is 9.85. The van der Waals surface area contributed by atoms with Crippen LogP contribution in [0.2, 0.25) is 0 Å². The van der Waals surface area contributed by atoms with Crippen LogP contribution in [0.3, 0.4) is 0 Å². The van der Waals surface area contributed by atoms with Crippen LogP contribution < -0.4 is 0 Å². The quantitative estimate of drug-likeness (QED) is 0.186. The number of furan rings is 1. The normalized spacial score (nSPS) is 11.5. The van der Waals surface area contributed by atoms with Gasteiger partial charge in [0.2, 0.25) is 0 Å². The van der Waals surface area contributed by atoms with Gasteiger partial charge in [0.05, 0.1) is 11.4 Å². The van der Waals surface area contributed by atoms with Gasteiger partial charge in [0.25, 0.3) is 0 Å². The zero-order valence-corrected chi connectivity index (χ0v) is 27.6. The van der Waals surface area contributed by atoms with Crippen LogP contribution in [0.5, 0.6) is 0 Å². The predicted octanol–water partition coefficient (Wildman–Crippen LogP) is 13.0. The van der Waals surface area contributed by atoms with E-state index in [9.17, 15) is 0 Å². The maximum Gasteiger partial charge on any atom is 0.161 e. The highest BCUT2D eigenvalue weighted by Gasteiger charge is 2.17. The fraction of sp³-hybridized carbons (Fsp3) is 0. The van der Waals surface area contributed by atoms with E-state index in [1.807, 2.05) is 12.1 Å². The van der Waals surface area contributed by atoms with Crippen molar-refractivity contribution in [2.45, 2.75) is 0 Å². The summed E-state index contributed by atoms with van der Waals surface area (Å²) in [6, 6.07) is 64.0. The van der Waals surface area contributed by atoms with Crippen molar-refractivity contribution >= 4 is 43.5 Å². The molecule has 0 fully saturated rings. The Morgan fingerprint density at radius 3 is 1.84 bits per heavy atom. The molecule has 0 aliphatic rings. The molecule has 8 aromatic carbocycles. The number of benzene rings is 8. The molecular formula is C48H30N2O. The summed E-state index contributed by atoms with van der Waals surface area (Å²) in [5.41, 5.74) is 11.0. The summed E-state index contributed by atoms with van der Waals surface area (Å²) in [5.74, 6) is 0.696. The van der Waals surface area contributed by atoms with E-state index >= 15 is 0 Å². The fourth-order valence-electron chi connectivity index (χ4n) is 7.38. The van der Waals surface area contributed by atoms with Gasteiger partial charge in [-0.25, -0.2) is 9.97 Å². The monoisotopic (exact) mass is 650 g/mol. The van der Waals surface area contributed by atoms with E-state index in [1.165, 1.54) is 10.8 Å². The van der Waals surface area contributed by atoms with E-state index in [1.54, 1.807) is 0 Å². The Labute approximate surface area is 295 Å². The summed E-state index contributed by atoms with van der Waals surface area (Å²) < 4.78 is 6.32. The molecule has 0 bridgehead atoms. The van der Waals surface area contributed by atoms with Crippen LogP contribution in [-0.2, 0) is 0 Å². The molecule has 238 valence electrons. The van der Waals surface area contributed by atoms with Crippen molar-refractivity contribution in [2.75, 3.05) is 0 Å². The maximum absolute atomic E-state index is 6.32. The van der Waals surface area contributed by atoms with Gasteiger partial charge in [-0.05, 0) is 86.3 Å². The largest absolute Gasteiger partial charge is 0.456 e. The standard InChI is InChI=1S/C48H30N2O/c1-2-12-31(13-3-1)36-27-37(40-20-11-23-46-47(40)42-19-8-9-22-45(42)51-46)29-38(28-36)44-30-43(35-25-24-32-14-4-5-16-34(32)26-35)49-48(50-44)41-21-10-17-33-15-6-7-18-39(33)41/h1-30H. The lowest BCUT2D eigenvalue weighted by Crippen LogP contribution is -1.97. The van der Waals surface area contributed by atoms with E-state index < -0.39 is 0 Å². The van der Waals surface area contributed by atoms with Gasteiger partial charge >= 0.3 is 0 Å². The third kappa shape index (κ3) is 5.15. The number of fused-ring (bicyclic) bond motifs is 5. The fourth-order valence-corrected chi connectivity index (χ4v) is 7.38. The molecule has 3 nitrogen and oxygen atoms in total. The number of rotatable bonds is 5. The smallest absolute Gasteiger partial charge is 0.161 e. The Hall–Kier alpha value is -6.84. The number of aromatic nitrogens is 2. The van der Waals surface area contributed by atoms with Gasteiger partial charge < -0.3 is 4.42 Å². The van der Waals surface area contributed by atoms with Crippen molar-refractivity contribution < 1.29 is 4.42 Å². The Morgan fingerprint density at radius 2 is 0.961 bits per heavy atom. The van der Waals surface area contributed by atoms with Crippen molar-refractivity contribution in [2.24, 2.45) is 0 Å². The van der Waals surface area contributed by atoms with Gasteiger partial charge in [-0.15, -0.1) is 0 Å². The number of hydrogen-bond acceptors (Lipinski definition) is 3. The lowest BCUT2D eigenvalue weighted by atomic mass is 9.92. The molecule has 3 heteroatoms. The van der Waals surface area contributed by atoms with E-state index in [0.29, 0.717) is 5.82 Å². The SMILES string of the molecule is c1ccc(-c2cc(-c3cc(-c4ccc5ccccc5c4)nc(-c4cccc5ccccc45)n3)cc(-c3cccc4oc5ccccc5c34)c2)cc1. The summed E-state index contributed by atoms with van der Waals surface area (Å²) in [6.45, 7) is 0. The van der Waals surface area contributed by atoms with Gasteiger partial charge in [0.15, 0.2) is 5.82 Å². The second-order valence-corrected chi connectivity index (χ2v) is 13.0. The summed E-state index contributed by atoms with van der Waals surface area (Å²) in [5, 5.41) is 6.87. The molecule has 2 heterocycles. The van der Waals surface area contributed by atoms with Crippen LogP contribution >= 0.6 is 0 Å². The number of hydrogen-bond donors (Lipinski definition) is 0. The van der Waals surface area contributed by atoms with Gasteiger partial charge in [-0.1, -0.05) is 140 Å². The van der Waals surface area contributed by atoms with Gasteiger partial charge in [-0.3, -0.25) is 0 Å². The van der Waals surface area contributed by atoms with E-state index in [-0.39, 0.29) is 0 Å². The summed E-state index contributed by atoms with van der Waals surface area (Å²) >= 11 is 0. The maximum atomic E-state index is 6.32. The number of nitrogens with zero attached hydrogens (tertiary/aromatic N) is 2. The van der Waals surface area contributed by atoms with Crippen LogP contribution in [0.25, 0.3) is 99.6 Å². The summed E-state index contributed by atoms with van der Waals surface area (Å²) in [7, 11) is 0. The highest BCUT2D eigenvalue weighted by molar-refractivity contribution is 6.12. The molecule has 0 saturated carbocycles. The first kappa shape index (κ1) is 29.1. The van der Waals surface area contributed by atoms with Crippen molar-refractivity contribution in [3.05, 3.63) is 182 Å². The average Bonchev–Trinajstić information content (AvgIpc) is 3.59. The first-order chi connectivity index (χ1) is 25.2. The van der Waals surface area contributed by atoms with Crippen molar-refractivity contribution in [3.63, 3.8) is 0 Å². The molecule has 0 atom stereocenters. The lowest BCUT2D eigenvalue weighted by Gasteiger charge is -2.14. The van der Waals surface area contributed by atoms with Crippen LogP contribution in [0.1, 0.15) is 0 Å². The molecule has 0 unspecified atom stereocenters. The molecule has 10 rings (SSSR count). The van der Waals surface area contributed by atoms with Crippen LogP contribution in [-0.4, -0.2) is 9.97 Å².